The quantitative estimate of drug-likeness (QED) is 0.594. The van der Waals surface area contributed by atoms with E-state index in [-0.39, 0.29) is 0 Å². The van der Waals surface area contributed by atoms with Crippen LogP contribution < -0.4 is 5.32 Å². The zero-order chi connectivity index (χ0) is 8.04. The van der Waals surface area contributed by atoms with Gasteiger partial charge in [0.25, 0.3) is 0 Å². The van der Waals surface area contributed by atoms with Gasteiger partial charge in [0.1, 0.15) is 0 Å². The van der Waals surface area contributed by atoms with Crippen LogP contribution in [0.1, 0.15) is 40.5 Å². The van der Waals surface area contributed by atoms with Crippen molar-refractivity contribution in [3.63, 3.8) is 0 Å². The third-order valence-electron chi connectivity index (χ3n) is 2.31. The Morgan fingerprint density at radius 2 is 2.00 bits per heavy atom. The molecule has 1 aliphatic heterocycles. The molecule has 0 spiro atoms. The van der Waals surface area contributed by atoms with Crippen LogP contribution in [0.2, 0.25) is 0 Å². The van der Waals surface area contributed by atoms with Gasteiger partial charge in [-0.15, -0.1) is 0 Å². The van der Waals surface area contributed by atoms with Gasteiger partial charge in [-0.25, -0.2) is 0 Å². The van der Waals surface area contributed by atoms with Crippen LogP contribution in [0.25, 0.3) is 0 Å². The van der Waals surface area contributed by atoms with E-state index in [1.54, 1.807) is 0 Å². The first kappa shape index (κ1) is 9.96. The van der Waals surface area contributed by atoms with E-state index < -0.39 is 0 Å². The van der Waals surface area contributed by atoms with Crippen molar-refractivity contribution < 1.29 is 0 Å². The Hall–Kier alpha value is -0.0400. The fourth-order valence-electron chi connectivity index (χ4n) is 1.17. The Morgan fingerprint density at radius 3 is 2.20 bits per heavy atom. The largest absolute Gasteiger partial charge is 0.316 e. The monoisotopic (exact) mass is 143 g/mol. The van der Waals surface area contributed by atoms with Gasteiger partial charge in [0, 0.05) is 6.54 Å². The summed E-state index contributed by atoms with van der Waals surface area (Å²) in [5.41, 5.74) is 0.625. The summed E-state index contributed by atoms with van der Waals surface area (Å²) in [5.74, 6) is 0. The Balaban J connectivity index is 0.000000371. The summed E-state index contributed by atoms with van der Waals surface area (Å²) >= 11 is 0. The molecule has 0 aromatic rings. The smallest absolute Gasteiger partial charge is 0.000554 e. The summed E-state index contributed by atoms with van der Waals surface area (Å²) in [7, 11) is 0. The van der Waals surface area contributed by atoms with E-state index in [9.17, 15) is 0 Å². The summed E-state index contributed by atoms with van der Waals surface area (Å²) in [5, 5.41) is 3.36. The molecule has 1 rings (SSSR count). The average molecular weight is 143 g/mol. The second kappa shape index (κ2) is 4.73. The maximum absolute atomic E-state index is 3.36. The minimum absolute atomic E-state index is 0.625. The van der Waals surface area contributed by atoms with Crippen molar-refractivity contribution in [3.8, 4) is 0 Å². The lowest BCUT2D eigenvalue weighted by atomic mass is 9.87. The molecule has 1 aliphatic rings. The van der Waals surface area contributed by atoms with Crippen LogP contribution in [0, 0.1) is 5.41 Å². The van der Waals surface area contributed by atoms with Gasteiger partial charge in [-0.2, -0.15) is 0 Å². The highest BCUT2D eigenvalue weighted by Gasteiger charge is 2.25. The standard InChI is InChI=1S/C7H15N.C2H6/c1-3-7(2)4-5-8-6-7;1-2/h8H,3-6H2,1-2H3;1-2H3. The lowest BCUT2D eigenvalue weighted by Gasteiger charge is -2.18. The van der Waals surface area contributed by atoms with Crippen LogP contribution in [0.4, 0.5) is 0 Å². The van der Waals surface area contributed by atoms with Gasteiger partial charge in [-0.1, -0.05) is 27.7 Å². The van der Waals surface area contributed by atoms with Crippen LogP contribution >= 0.6 is 0 Å². The van der Waals surface area contributed by atoms with Gasteiger partial charge < -0.3 is 5.32 Å². The number of hydrogen-bond donors (Lipinski definition) is 1. The molecule has 1 N–H and O–H groups in total. The molecule has 1 nitrogen and oxygen atoms in total. The lowest BCUT2D eigenvalue weighted by molar-refractivity contribution is 0.351. The van der Waals surface area contributed by atoms with Gasteiger partial charge in [-0.05, 0) is 24.8 Å². The van der Waals surface area contributed by atoms with Crippen LogP contribution in [-0.2, 0) is 0 Å². The lowest BCUT2D eigenvalue weighted by Crippen LogP contribution is -2.18. The highest BCUT2D eigenvalue weighted by atomic mass is 14.9. The van der Waals surface area contributed by atoms with Gasteiger partial charge in [0.2, 0.25) is 0 Å². The van der Waals surface area contributed by atoms with E-state index >= 15 is 0 Å². The third kappa shape index (κ3) is 2.70. The van der Waals surface area contributed by atoms with Crippen molar-refractivity contribution in [2.75, 3.05) is 13.1 Å². The highest BCUT2D eigenvalue weighted by molar-refractivity contribution is 4.81. The molecule has 10 heavy (non-hydrogen) atoms. The van der Waals surface area contributed by atoms with Crippen LogP contribution in [0.5, 0.6) is 0 Å². The second-order valence-corrected chi connectivity index (χ2v) is 3.09. The maximum Gasteiger partial charge on any atom is 0.000554 e. The van der Waals surface area contributed by atoms with Crippen LogP contribution in [0.3, 0.4) is 0 Å². The first-order valence-corrected chi connectivity index (χ1v) is 4.47. The van der Waals surface area contributed by atoms with Gasteiger partial charge in [0.15, 0.2) is 0 Å². The van der Waals surface area contributed by atoms with Crippen molar-refractivity contribution in [1.29, 1.82) is 0 Å². The summed E-state index contributed by atoms with van der Waals surface area (Å²) in [6.45, 7) is 11.1. The molecule has 0 aliphatic carbocycles. The van der Waals surface area contributed by atoms with E-state index in [2.05, 4.69) is 19.2 Å². The molecule has 62 valence electrons. The topological polar surface area (TPSA) is 12.0 Å². The number of rotatable bonds is 1. The van der Waals surface area contributed by atoms with Crippen LogP contribution in [-0.4, -0.2) is 13.1 Å². The molecule has 1 fully saturated rings. The molecule has 0 amide bonds. The van der Waals surface area contributed by atoms with Gasteiger partial charge >= 0.3 is 0 Å². The Kier molecular flexibility index (Phi) is 4.71. The van der Waals surface area contributed by atoms with Crippen molar-refractivity contribution in [3.05, 3.63) is 0 Å². The zero-order valence-electron chi connectivity index (χ0n) is 7.83. The summed E-state index contributed by atoms with van der Waals surface area (Å²) in [6, 6.07) is 0. The molecule has 0 radical (unpaired) electrons. The van der Waals surface area contributed by atoms with Crippen molar-refractivity contribution in [1.82, 2.24) is 5.32 Å². The minimum Gasteiger partial charge on any atom is -0.316 e. The SMILES string of the molecule is CC.CCC1(C)CCNC1. The van der Waals surface area contributed by atoms with E-state index in [1.165, 1.54) is 25.9 Å². The molecule has 0 saturated carbocycles. The number of hydrogen-bond acceptors (Lipinski definition) is 1. The molecule has 0 aromatic carbocycles. The number of nitrogens with one attached hydrogen (secondary N) is 1. The molecule has 1 saturated heterocycles. The fraction of sp³-hybridized carbons (Fsp3) is 1.00. The van der Waals surface area contributed by atoms with Crippen LogP contribution in [0.15, 0.2) is 0 Å². The molecular weight excluding hydrogens is 122 g/mol. The summed E-state index contributed by atoms with van der Waals surface area (Å²) in [6.07, 6.45) is 2.68. The molecule has 1 heterocycles. The second-order valence-electron chi connectivity index (χ2n) is 3.09. The molecule has 1 atom stereocenters. The van der Waals surface area contributed by atoms with E-state index in [0.717, 1.165) is 0 Å². The highest BCUT2D eigenvalue weighted by Crippen LogP contribution is 2.27. The zero-order valence-corrected chi connectivity index (χ0v) is 7.83. The minimum atomic E-state index is 0.625. The Morgan fingerprint density at radius 1 is 1.40 bits per heavy atom. The fourth-order valence-corrected chi connectivity index (χ4v) is 1.17. The predicted molar refractivity (Wildman–Crippen MR) is 47.2 cm³/mol. The normalized spacial score (nSPS) is 31.2. The molecule has 1 unspecified atom stereocenters. The predicted octanol–water partition coefficient (Wildman–Crippen LogP) is 2.42. The van der Waals surface area contributed by atoms with E-state index in [1.807, 2.05) is 13.8 Å². The molecular formula is C9H21N. The van der Waals surface area contributed by atoms with E-state index in [4.69, 9.17) is 0 Å². The first-order chi connectivity index (χ1) is 4.77. The Bertz CT molecular complexity index is 72.8. The van der Waals surface area contributed by atoms with Crippen molar-refractivity contribution in [2.24, 2.45) is 5.41 Å². The Labute approximate surface area is 65.2 Å². The van der Waals surface area contributed by atoms with Crippen molar-refractivity contribution in [2.45, 2.75) is 40.5 Å². The van der Waals surface area contributed by atoms with Crippen molar-refractivity contribution >= 4 is 0 Å². The van der Waals surface area contributed by atoms with E-state index in [0.29, 0.717) is 5.41 Å². The third-order valence-corrected chi connectivity index (χ3v) is 2.31. The maximum atomic E-state index is 3.36. The molecule has 0 bridgehead atoms. The molecule has 1 heteroatoms. The first-order valence-electron chi connectivity index (χ1n) is 4.47. The molecule has 0 aromatic heterocycles. The van der Waals surface area contributed by atoms with Gasteiger partial charge in [0.05, 0.1) is 0 Å². The summed E-state index contributed by atoms with van der Waals surface area (Å²) in [4.78, 5) is 0. The van der Waals surface area contributed by atoms with Gasteiger partial charge in [-0.3, -0.25) is 0 Å². The summed E-state index contributed by atoms with van der Waals surface area (Å²) < 4.78 is 0. The average Bonchev–Trinajstić information content (AvgIpc) is 2.42.